The molecule has 30 heavy (non-hydrogen) atoms. The molecule has 2 heterocycles. The van der Waals surface area contributed by atoms with Crippen LogP contribution >= 0.6 is 0 Å². The van der Waals surface area contributed by atoms with Crippen LogP contribution in [0.3, 0.4) is 0 Å². The Bertz CT molecular complexity index is 812. The first-order valence-electron chi connectivity index (χ1n) is 10.5. The van der Waals surface area contributed by atoms with Crippen LogP contribution in [0.4, 0.5) is 8.78 Å². The van der Waals surface area contributed by atoms with Crippen molar-refractivity contribution in [3.8, 4) is 0 Å². The fourth-order valence-electron chi connectivity index (χ4n) is 4.36. The lowest BCUT2D eigenvalue weighted by Gasteiger charge is -2.40. The van der Waals surface area contributed by atoms with E-state index in [1.807, 2.05) is 6.08 Å². The van der Waals surface area contributed by atoms with Crippen molar-refractivity contribution in [2.45, 2.75) is 26.2 Å². The summed E-state index contributed by atoms with van der Waals surface area (Å²) in [5.41, 5.74) is 0.0480. The van der Waals surface area contributed by atoms with Gasteiger partial charge in [0.25, 0.3) is 5.91 Å². The second-order valence-corrected chi connectivity index (χ2v) is 7.98. The molecule has 5 nitrogen and oxygen atoms in total. The van der Waals surface area contributed by atoms with E-state index >= 15 is 0 Å². The van der Waals surface area contributed by atoms with E-state index < -0.39 is 0 Å². The Labute approximate surface area is 176 Å². The lowest BCUT2D eigenvalue weighted by atomic mass is 9.69. The normalized spacial score (nSPS) is 21.9. The third kappa shape index (κ3) is 5.14. The van der Waals surface area contributed by atoms with Crippen LogP contribution in [0.25, 0.3) is 0 Å². The molecule has 2 saturated heterocycles. The second-order valence-electron chi connectivity index (χ2n) is 7.98. The van der Waals surface area contributed by atoms with Crippen molar-refractivity contribution in [3.63, 3.8) is 0 Å². The first-order chi connectivity index (χ1) is 14.4. The van der Waals surface area contributed by atoms with E-state index in [0.717, 1.165) is 25.9 Å². The number of rotatable bonds is 7. The van der Waals surface area contributed by atoms with Gasteiger partial charge in [-0.15, -0.1) is 0 Å². The molecule has 7 heteroatoms. The Balaban J connectivity index is 1.47. The number of benzene rings is 1. The van der Waals surface area contributed by atoms with Crippen LogP contribution < -0.4 is 10.6 Å². The summed E-state index contributed by atoms with van der Waals surface area (Å²) in [6.45, 7) is 5.03. The summed E-state index contributed by atoms with van der Waals surface area (Å²) >= 11 is 0. The summed E-state index contributed by atoms with van der Waals surface area (Å²) in [6.07, 6.45) is 6.89. The summed E-state index contributed by atoms with van der Waals surface area (Å²) in [7, 11) is 0. The molecule has 1 atom stereocenters. The van der Waals surface area contributed by atoms with Crippen molar-refractivity contribution < 1.29 is 18.4 Å². The molecule has 2 amide bonds. The average Bonchev–Trinajstić information content (AvgIpc) is 3.05. The minimum Gasteiger partial charge on any atom is -0.355 e. The van der Waals surface area contributed by atoms with Gasteiger partial charge in [0.05, 0.1) is 5.41 Å². The van der Waals surface area contributed by atoms with E-state index in [1.54, 1.807) is 6.92 Å². The third-order valence-electron chi connectivity index (χ3n) is 6.28. The molecule has 162 valence electrons. The van der Waals surface area contributed by atoms with Gasteiger partial charge in [-0.2, -0.15) is 0 Å². The Morgan fingerprint density at radius 1 is 1.30 bits per heavy atom. The highest BCUT2D eigenvalue weighted by molar-refractivity contribution is 5.94. The molecule has 2 N–H and O–H groups in total. The molecule has 0 radical (unpaired) electrons. The maximum atomic E-state index is 13.3. The van der Waals surface area contributed by atoms with Crippen molar-refractivity contribution >= 4 is 11.8 Å². The topological polar surface area (TPSA) is 61.4 Å². The number of hydrogen-bond donors (Lipinski definition) is 2. The van der Waals surface area contributed by atoms with Gasteiger partial charge >= 0.3 is 0 Å². The van der Waals surface area contributed by atoms with E-state index in [4.69, 9.17) is 0 Å². The molecule has 0 bridgehead atoms. The number of carbonyl (C=O) groups is 2. The zero-order valence-corrected chi connectivity index (χ0v) is 17.3. The quantitative estimate of drug-likeness (QED) is 0.670. The van der Waals surface area contributed by atoms with E-state index in [-0.39, 0.29) is 34.8 Å². The molecule has 1 spiro atoms. The van der Waals surface area contributed by atoms with Crippen molar-refractivity contribution in [3.05, 3.63) is 59.7 Å². The average molecular weight is 418 g/mol. The Hall–Kier alpha value is -2.54. The molecule has 1 unspecified atom stereocenters. The number of nitrogens with zero attached hydrogens (tertiary/aromatic N) is 1. The molecular formula is C23H29F2N3O2. The lowest BCUT2D eigenvalue weighted by Crippen LogP contribution is -2.48. The van der Waals surface area contributed by atoms with Crippen LogP contribution in [0, 0.1) is 17.2 Å². The number of halogens is 2. The summed E-state index contributed by atoms with van der Waals surface area (Å²) < 4.78 is 26.3. The second kappa shape index (κ2) is 9.98. The summed E-state index contributed by atoms with van der Waals surface area (Å²) in [4.78, 5) is 26.9. The first-order valence-corrected chi connectivity index (χ1v) is 10.5. The molecule has 2 fully saturated rings. The molecule has 2 aliphatic heterocycles. The van der Waals surface area contributed by atoms with Crippen LogP contribution in [-0.2, 0) is 4.79 Å². The number of nitrogens with one attached hydrogen (secondary N) is 2. The highest BCUT2D eigenvalue weighted by Crippen LogP contribution is 2.44. The summed E-state index contributed by atoms with van der Waals surface area (Å²) in [6, 6.07) is 5.46. The van der Waals surface area contributed by atoms with Crippen molar-refractivity contribution in [2.75, 3.05) is 32.7 Å². The molecule has 1 aromatic carbocycles. The van der Waals surface area contributed by atoms with Crippen LogP contribution in [0.15, 0.2) is 48.3 Å². The Kier molecular flexibility index (Phi) is 7.37. The van der Waals surface area contributed by atoms with Gasteiger partial charge in [0.2, 0.25) is 5.91 Å². The molecular weight excluding hydrogens is 388 g/mol. The minimum absolute atomic E-state index is 0.108. The van der Waals surface area contributed by atoms with Gasteiger partial charge in [-0.3, -0.25) is 9.59 Å². The Morgan fingerprint density at radius 3 is 2.67 bits per heavy atom. The molecule has 0 saturated carbocycles. The number of likely N-dealkylation sites (tertiary alicyclic amines) is 1. The van der Waals surface area contributed by atoms with Crippen LogP contribution in [-0.4, -0.2) is 49.4 Å². The maximum absolute atomic E-state index is 13.3. The highest BCUT2D eigenvalue weighted by atomic mass is 19.1. The van der Waals surface area contributed by atoms with E-state index in [1.165, 1.54) is 36.4 Å². The molecule has 2 aliphatic rings. The molecule has 0 aromatic heterocycles. The standard InChI is InChI=1S/C23H29F2N3O2/c1-2-19(24)5-3-4-18-16-27-22(30)23(18)10-13-28(14-11-23)15-12-26-21(29)17-6-8-20(25)9-7-17/h2-3,5-9,18H,4,10-16H2,1H3,(H,26,29)(H,27,30). The van der Waals surface area contributed by atoms with Gasteiger partial charge < -0.3 is 15.5 Å². The summed E-state index contributed by atoms with van der Waals surface area (Å²) in [5.74, 6) is -0.578. The van der Waals surface area contributed by atoms with Crippen molar-refractivity contribution in [2.24, 2.45) is 11.3 Å². The SMILES string of the molecule is CC=C(F)C=CCC1CNC(=O)C12CCN(CCNC(=O)c1ccc(F)cc1)CC2. The first kappa shape index (κ1) is 22.2. The minimum atomic E-state index is -0.384. The molecule has 3 rings (SSSR count). The van der Waals surface area contributed by atoms with Crippen LogP contribution in [0.5, 0.6) is 0 Å². The van der Waals surface area contributed by atoms with Crippen molar-refractivity contribution in [1.82, 2.24) is 15.5 Å². The highest BCUT2D eigenvalue weighted by Gasteiger charge is 2.50. The zero-order chi connectivity index (χ0) is 21.6. The van der Waals surface area contributed by atoms with Gasteiger partial charge in [0.15, 0.2) is 0 Å². The zero-order valence-electron chi connectivity index (χ0n) is 17.3. The van der Waals surface area contributed by atoms with Gasteiger partial charge in [0.1, 0.15) is 11.6 Å². The molecule has 0 aliphatic carbocycles. The van der Waals surface area contributed by atoms with E-state index in [9.17, 15) is 18.4 Å². The van der Waals surface area contributed by atoms with E-state index in [0.29, 0.717) is 31.6 Å². The number of amides is 2. The summed E-state index contributed by atoms with van der Waals surface area (Å²) in [5, 5.41) is 5.85. The van der Waals surface area contributed by atoms with Crippen LogP contribution in [0.1, 0.15) is 36.5 Å². The van der Waals surface area contributed by atoms with Crippen LogP contribution in [0.2, 0.25) is 0 Å². The maximum Gasteiger partial charge on any atom is 0.251 e. The smallest absolute Gasteiger partial charge is 0.251 e. The Morgan fingerprint density at radius 2 is 2.00 bits per heavy atom. The van der Waals surface area contributed by atoms with Gasteiger partial charge in [-0.1, -0.05) is 12.2 Å². The fourth-order valence-corrected chi connectivity index (χ4v) is 4.36. The number of hydrogen-bond acceptors (Lipinski definition) is 3. The lowest BCUT2D eigenvalue weighted by molar-refractivity contribution is -0.131. The largest absolute Gasteiger partial charge is 0.355 e. The van der Waals surface area contributed by atoms with Gasteiger partial charge in [-0.25, -0.2) is 8.78 Å². The third-order valence-corrected chi connectivity index (χ3v) is 6.28. The van der Waals surface area contributed by atoms with Crippen molar-refractivity contribution in [1.29, 1.82) is 0 Å². The van der Waals surface area contributed by atoms with Gasteiger partial charge in [0, 0.05) is 25.2 Å². The van der Waals surface area contributed by atoms with Gasteiger partial charge in [-0.05, 0) is 75.5 Å². The molecule has 1 aromatic rings. The fraction of sp³-hybridized carbons (Fsp3) is 0.478. The number of piperidine rings is 1. The number of allylic oxidation sites excluding steroid dienone is 4. The predicted molar refractivity (Wildman–Crippen MR) is 112 cm³/mol. The number of carbonyl (C=O) groups excluding carboxylic acids is 2. The monoisotopic (exact) mass is 417 g/mol. The van der Waals surface area contributed by atoms with E-state index in [2.05, 4.69) is 15.5 Å². The predicted octanol–water partition coefficient (Wildman–Crippen LogP) is 3.20.